The molecule has 0 saturated carbocycles. The third-order valence-electron chi connectivity index (χ3n) is 6.03. The first-order valence-electron chi connectivity index (χ1n) is 11.3. The predicted octanol–water partition coefficient (Wildman–Crippen LogP) is 5.35. The van der Waals surface area contributed by atoms with Crippen LogP contribution < -0.4 is 5.32 Å². The number of rotatable bonds is 7. The predicted molar refractivity (Wildman–Crippen MR) is 144 cm³/mol. The standard InChI is InChI=1S/C29H23ClN2O4S/c1-37(35,36)25-15-12-20(13-16-25)26-10-6-5-7-21(26)18-29(34,23-8-3-2-4-9-23)28(33)32-24-14-11-22(19-31)27(30)17-24/h2-17,34H,18H2,1H3,(H,32,33). The lowest BCUT2D eigenvalue weighted by atomic mass is 9.83. The van der Waals surface area contributed by atoms with Crippen molar-refractivity contribution in [2.24, 2.45) is 0 Å². The molecule has 8 heteroatoms. The normalized spacial score (nSPS) is 12.8. The van der Waals surface area contributed by atoms with Crippen LogP contribution in [0.15, 0.2) is 102 Å². The molecule has 1 unspecified atom stereocenters. The van der Waals surface area contributed by atoms with E-state index in [-0.39, 0.29) is 21.9 Å². The quantitative estimate of drug-likeness (QED) is 0.335. The molecule has 0 aliphatic rings. The Bertz CT molecular complexity index is 1600. The molecular weight excluding hydrogens is 508 g/mol. The van der Waals surface area contributed by atoms with Crippen LogP contribution in [0.3, 0.4) is 0 Å². The molecule has 1 atom stereocenters. The van der Waals surface area contributed by atoms with E-state index in [1.807, 2.05) is 30.3 Å². The summed E-state index contributed by atoms with van der Waals surface area (Å²) in [7, 11) is -3.35. The summed E-state index contributed by atoms with van der Waals surface area (Å²) in [4.78, 5) is 13.8. The Labute approximate surface area is 220 Å². The maximum absolute atomic E-state index is 13.6. The molecule has 6 nitrogen and oxygen atoms in total. The topological polar surface area (TPSA) is 107 Å². The first-order chi connectivity index (χ1) is 17.6. The average molecular weight is 531 g/mol. The third kappa shape index (κ3) is 5.73. The molecule has 0 spiro atoms. The van der Waals surface area contributed by atoms with Crippen LogP contribution in [0.2, 0.25) is 5.02 Å². The average Bonchev–Trinajstić information content (AvgIpc) is 2.89. The first-order valence-corrected chi connectivity index (χ1v) is 13.6. The monoisotopic (exact) mass is 530 g/mol. The van der Waals surface area contributed by atoms with Crippen molar-refractivity contribution < 1.29 is 18.3 Å². The number of hydrogen-bond donors (Lipinski definition) is 2. The minimum atomic E-state index is -3.35. The van der Waals surface area contributed by atoms with Gasteiger partial charge in [0.25, 0.3) is 5.91 Å². The van der Waals surface area contributed by atoms with Crippen LogP contribution in [0.5, 0.6) is 0 Å². The molecule has 0 heterocycles. The Hall–Kier alpha value is -3.96. The number of sulfone groups is 1. The van der Waals surface area contributed by atoms with Crippen molar-refractivity contribution in [2.75, 3.05) is 11.6 Å². The van der Waals surface area contributed by atoms with E-state index in [4.69, 9.17) is 16.9 Å². The highest BCUT2D eigenvalue weighted by atomic mass is 35.5. The molecule has 0 saturated heterocycles. The summed E-state index contributed by atoms with van der Waals surface area (Å²) in [5, 5.41) is 23.9. The van der Waals surface area contributed by atoms with Gasteiger partial charge in [-0.3, -0.25) is 4.79 Å². The van der Waals surface area contributed by atoms with E-state index in [0.717, 1.165) is 17.4 Å². The van der Waals surface area contributed by atoms with Gasteiger partial charge in [0.1, 0.15) is 6.07 Å². The zero-order chi connectivity index (χ0) is 26.6. The lowest BCUT2D eigenvalue weighted by molar-refractivity contribution is -0.135. The van der Waals surface area contributed by atoms with Crippen LogP contribution in [0.4, 0.5) is 5.69 Å². The summed E-state index contributed by atoms with van der Waals surface area (Å²) < 4.78 is 23.7. The molecule has 0 aliphatic carbocycles. The molecule has 0 aliphatic heterocycles. The van der Waals surface area contributed by atoms with Crippen molar-refractivity contribution in [3.05, 3.63) is 119 Å². The molecule has 4 aromatic rings. The molecular formula is C29H23ClN2O4S. The number of nitrogens with zero attached hydrogens (tertiary/aromatic N) is 1. The van der Waals surface area contributed by atoms with Gasteiger partial charge in [-0.25, -0.2) is 8.42 Å². The van der Waals surface area contributed by atoms with Crippen LogP contribution in [-0.4, -0.2) is 25.7 Å². The number of carbonyl (C=O) groups excluding carboxylic acids is 1. The molecule has 1 amide bonds. The van der Waals surface area contributed by atoms with Gasteiger partial charge in [-0.05, 0) is 52.6 Å². The Morgan fingerprint density at radius 2 is 1.62 bits per heavy atom. The van der Waals surface area contributed by atoms with Gasteiger partial charge in [-0.15, -0.1) is 0 Å². The fraction of sp³-hybridized carbons (Fsp3) is 0.103. The van der Waals surface area contributed by atoms with Gasteiger partial charge < -0.3 is 10.4 Å². The fourth-order valence-corrected chi connectivity index (χ4v) is 4.91. The smallest absolute Gasteiger partial charge is 0.261 e. The number of amides is 1. The molecule has 0 radical (unpaired) electrons. The van der Waals surface area contributed by atoms with Crippen molar-refractivity contribution >= 4 is 33.0 Å². The van der Waals surface area contributed by atoms with Crippen molar-refractivity contribution in [1.82, 2.24) is 0 Å². The summed E-state index contributed by atoms with van der Waals surface area (Å²) in [6.07, 6.45) is 1.09. The number of nitriles is 1. The minimum absolute atomic E-state index is 0.0587. The van der Waals surface area contributed by atoms with Crippen LogP contribution in [0.1, 0.15) is 16.7 Å². The Morgan fingerprint density at radius 3 is 2.24 bits per heavy atom. The van der Waals surface area contributed by atoms with E-state index in [1.54, 1.807) is 48.5 Å². The number of nitrogens with one attached hydrogen (secondary N) is 1. The molecule has 186 valence electrons. The Morgan fingerprint density at radius 1 is 0.973 bits per heavy atom. The SMILES string of the molecule is CS(=O)(=O)c1ccc(-c2ccccc2CC(O)(C(=O)Nc2ccc(C#N)c(Cl)c2)c2ccccc2)cc1. The van der Waals surface area contributed by atoms with E-state index in [9.17, 15) is 18.3 Å². The van der Waals surface area contributed by atoms with Crippen LogP contribution >= 0.6 is 11.6 Å². The summed E-state index contributed by atoms with van der Waals surface area (Å²) in [6.45, 7) is 0. The van der Waals surface area contributed by atoms with Crippen molar-refractivity contribution in [2.45, 2.75) is 16.9 Å². The van der Waals surface area contributed by atoms with E-state index < -0.39 is 21.3 Å². The number of halogens is 1. The van der Waals surface area contributed by atoms with Gasteiger partial charge in [-0.1, -0.05) is 78.3 Å². The zero-order valence-electron chi connectivity index (χ0n) is 19.9. The second-order valence-electron chi connectivity index (χ2n) is 8.62. The van der Waals surface area contributed by atoms with E-state index in [2.05, 4.69) is 5.32 Å². The summed E-state index contributed by atoms with van der Waals surface area (Å²) in [5.74, 6) is -0.665. The lowest BCUT2D eigenvalue weighted by Crippen LogP contribution is -2.42. The maximum Gasteiger partial charge on any atom is 0.261 e. The van der Waals surface area contributed by atoms with Gasteiger partial charge in [0.2, 0.25) is 0 Å². The highest BCUT2D eigenvalue weighted by molar-refractivity contribution is 7.90. The lowest BCUT2D eigenvalue weighted by Gasteiger charge is -2.29. The number of benzene rings is 4. The van der Waals surface area contributed by atoms with Gasteiger partial charge in [-0.2, -0.15) is 5.26 Å². The fourth-order valence-electron chi connectivity index (χ4n) is 4.06. The Kier molecular flexibility index (Phi) is 7.46. The Balaban J connectivity index is 1.73. The number of aliphatic hydroxyl groups is 1. The van der Waals surface area contributed by atoms with Gasteiger partial charge in [0.05, 0.1) is 15.5 Å². The van der Waals surface area contributed by atoms with E-state index in [1.165, 1.54) is 24.3 Å². The number of carbonyl (C=O) groups is 1. The molecule has 0 bridgehead atoms. The first kappa shape index (κ1) is 26.1. The van der Waals surface area contributed by atoms with Crippen LogP contribution in [0.25, 0.3) is 11.1 Å². The second-order valence-corrected chi connectivity index (χ2v) is 11.0. The zero-order valence-corrected chi connectivity index (χ0v) is 21.4. The van der Waals surface area contributed by atoms with Crippen LogP contribution in [0, 0.1) is 11.3 Å². The highest BCUT2D eigenvalue weighted by Gasteiger charge is 2.39. The minimum Gasteiger partial charge on any atom is -0.375 e. The van der Waals surface area contributed by atoms with Crippen molar-refractivity contribution in [3.63, 3.8) is 0 Å². The van der Waals surface area contributed by atoms with Crippen molar-refractivity contribution in [3.8, 4) is 17.2 Å². The molecule has 0 fully saturated rings. The molecule has 4 rings (SSSR count). The van der Waals surface area contributed by atoms with E-state index >= 15 is 0 Å². The summed E-state index contributed by atoms with van der Waals surface area (Å²) in [5.41, 5.74) is 1.25. The molecule has 0 aromatic heterocycles. The van der Waals surface area contributed by atoms with Gasteiger partial charge in [0.15, 0.2) is 15.4 Å². The number of anilines is 1. The van der Waals surface area contributed by atoms with Crippen LogP contribution in [-0.2, 0) is 26.7 Å². The summed E-state index contributed by atoms with van der Waals surface area (Å²) >= 11 is 6.13. The molecule has 37 heavy (non-hydrogen) atoms. The van der Waals surface area contributed by atoms with E-state index in [0.29, 0.717) is 16.8 Å². The molecule has 4 aromatic carbocycles. The maximum atomic E-state index is 13.6. The third-order valence-corrected chi connectivity index (χ3v) is 7.47. The van der Waals surface area contributed by atoms with Crippen molar-refractivity contribution in [1.29, 1.82) is 5.26 Å². The number of hydrogen-bond acceptors (Lipinski definition) is 5. The molecule has 2 N–H and O–H groups in total. The second kappa shape index (κ2) is 10.6. The van der Waals surface area contributed by atoms with Gasteiger partial charge >= 0.3 is 0 Å². The van der Waals surface area contributed by atoms with Gasteiger partial charge in [0, 0.05) is 18.4 Å². The largest absolute Gasteiger partial charge is 0.375 e. The summed E-state index contributed by atoms with van der Waals surface area (Å²) in [6, 6.07) is 28.9. The highest BCUT2D eigenvalue weighted by Crippen LogP contribution is 2.33.